The van der Waals surface area contributed by atoms with E-state index in [1.165, 1.54) is 12.2 Å². The van der Waals surface area contributed by atoms with E-state index in [1.54, 1.807) is 19.3 Å². The molecule has 3 rings (SSSR count). The van der Waals surface area contributed by atoms with Crippen molar-refractivity contribution < 1.29 is 24.2 Å². The van der Waals surface area contributed by atoms with Gasteiger partial charge < -0.3 is 14.6 Å². The molecule has 1 aliphatic rings. The Hall–Kier alpha value is -3.02. The Morgan fingerprint density at radius 1 is 1.03 bits per heavy atom. The summed E-state index contributed by atoms with van der Waals surface area (Å²) in [5.41, 5.74) is 2.42. The van der Waals surface area contributed by atoms with Gasteiger partial charge in [0.05, 0.1) is 12.5 Å². The lowest BCUT2D eigenvalue weighted by molar-refractivity contribution is -0.128. The van der Waals surface area contributed by atoms with Gasteiger partial charge in [-0.25, -0.2) is 0 Å². The van der Waals surface area contributed by atoms with E-state index in [9.17, 15) is 14.7 Å². The molecule has 1 saturated carbocycles. The monoisotopic (exact) mass is 434 g/mol. The molecule has 1 aliphatic carbocycles. The minimum Gasteiger partial charge on any atom is -0.468 e. The van der Waals surface area contributed by atoms with Gasteiger partial charge in [0, 0.05) is 7.11 Å². The molecular formula is C27H30O5. The van der Waals surface area contributed by atoms with Gasteiger partial charge in [0.15, 0.2) is 18.4 Å². The molecule has 1 N–H and O–H groups in total. The molecule has 5 heteroatoms. The number of carbonyl (C=O) groups excluding carboxylic acids is 2. The van der Waals surface area contributed by atoms with Crippen LogP contribution in [0.15, 0.2) is 60.7 Å². The quantitative estimate of drug-likeness (QED) is 0.294. The summed E-state index contributed by atoms with van der Waals surface area (Å²) in [6.07, 6.45) is 10.3. The second-order valence-corrected chi connectivity index (χ2v) is 8.08. The van der Waals surface area contributed by atoms with Gasteiger partial charge in [-0.2, -0.15) is 0 Å². The first-order chi connectivity index (χ1) is 15.6. The highest BCUT2D eigenvalue weighted by molar-refractivity contribution is 6.13. The molecule has 0 aliphatic heterocycles. The second kappa shape index (κ2) is 12.1. The molecule has 5 nitrogen and oxygen atoms in total. The Bertz CT molecular complexity index is 972. The Morgan fingerprint density at radius 3 is 2.28 bits per heavy atom. The van der Waals surface area contributed by atoms with Gasteiger partial charge in [-0.15, -0.1) is 0 Å². The lowest BCUT2D eigenvalue weighted by Gasteiger charge is -2.27. The third-order valence-corrected chi connectivity index (χ3v) is 5.70. The van der Waals surface area contributed by atoms with Gasteiger partial charge in [-0.3, -0.25) is 9.59 Å². The van der Waals surface area contributed by atoms with Crippen LogP contribution in [0.2, 0.25) is 0 Å². The third kappa shape index (κ3) is 7.01. The standard InChI is InChI=1S/C27H30O5/c1-31-19-32-24-10-4-8-22(16-24)12-14-27(30)25(17-20-5-2-6-20)26(29)13-11-21-7-3-9-23(15-21)18-28/h3-4,7-16,20,25,28H,2,5-6,17-19H2,1H3. The first-order valence-corrected chi connectivity index (χ1v) is 10.9. The molecule has 1 fully saturated rings. The predicted octanol–water partition coefficient (Wildman–Crippen LogP) is 4.83. The molecule has 0 heterocycles. The van der Waals surface area contributed by atoms with Crippen LogP contribution >= 0.6 is 0 Å². The van der Waals surface area contributed by atoms with Crippen molar-refractivity contribution in [2.24, 2.45) is 11.8 Å². The van der Waals surface area contributed by atoms with Crippen LogP contribution in [-0.2, 0) is 20.9 Å². The second-order valence-electron chi connectivity index (χ2n) is 8.08. The van der Waals surface area contributed by atoms with Crippen molar-refractivity contribution in [3.05, 3.63) is 77.4 Å². The van der Waals surface area contributed by atoms with Gasteiger partial charge in [0.1, 0.15) is 5.75 Å². The van der Waals surface area contributed by atoms with Crippen LogP contribution in [0.4, 0.5) is 0 Å². The summed E-state index contributed by atoms with van der Waals surface area (Å²) in [7, 11) is 1.56. The number of hydrogen-bond donors (Lipinski definition) is 1. The third-order valence-electron chi connectivity index (χ3n) is 5.70. The molecule has 0 saturated heterocycles. The summed E-state index contributed by atoms with van der Waals surface area (Å²) >= 11 is 0. The van der Waals surface area contributed by atoms with Crippen molar-refractivity contribution >= 4 is 23.7 Å². The van der Waals surface area contributed by atoms with E-state index in [0.29, 0.717) is 18.1 Å². The number of benzene rings is 2. The summed E-state index contributed by atoms with van der Waals surface area (Å²) in [5, 5.41) is 9.29. The van der Waals surface area contributed by atoms with E-state index >= 15 is 0 Å². The summed E-state index contributed by atoms with van der Waals surface area (Å²) in [5.74, 6) is 0.0357. The van der Waals surface area contributed by atoms with Crippen LogP contribution in [0.3, 0.4) is 0 Å². The zero-order valence-electron chi connectivity index (χ0n) is 18.4. The maximum Gasteiger partial charge on any atom is 0.188 e. The molecular weight excluding hydrogens is 404 g/mol. The average molecular weight is 435 g/mol. The molecule has 2 aromatic carbocycles. The van der Waals surface area contributed by atoms with E-state index in [1.807, 2.05) is 48.5 Å². The van der Waals surface area contributed by atoms with Crippen LogP contribution in [0.5, 0.6) is 5.75 Å². The Balaban J connectivity index is 1.71. The molecule has 0 aromatic heterocycles. The largest absolute Gasteiger partial charge is 0.468 e. The number of aliphatic hydroxyl groups is 1. The minimum atomic E-state index is -0.679. The Kier molecular flexibility index (Phi) is 8.96. The first-order valence-electron chi connectivity index (χ1n) is 10.9. The molecule has 0 radical (unpaired) electrons. The zero-order valence-corrected chi connectivity index (χ0v) is 18.4. The lowest BCUT2D eigenvalue weighted by Crippen LogP contribution is -2.26. The highest BCUT2D eigenvalue weighted by Gasteiger charge is 2.29. The maximum atomic E-state index is 13.0. The number of carbonyl (C=O) groups is 2. The fourth-order valence-electron chi connectivity index (χ4n) is 3.65. The lowest BCUT2D eigenvalue weighted by atomic mass is 9.76. The van der Waals surface area contributed by atoms with Crippen molar-refractivity contribution in [3.8, 4) is 5.75 Å². The van der Waals surface area contributed by atoms with Gasteiger partial charge in [0.25, 0.3) is 0 Å². The predicted molar refractivity (Wildman–Crippen MR) is 125 cm³/mol. The number of aliphatic hydroxyl groups excluding tert-OH is 1. The highest BCUT2D eigenvalue weighted by atomic mass is 16.7. The minimum absolute atomic E-state index is 0.0546. The molecule has 32 heavy (non-hydrogen) atoms. The average Bonchev–Trinajstić information content (AvgIpc) is 2.79. The Morgan fingerprint density at radius 2 is 1.69 bits per heavy atom. The van der Waals surface area contributed by atoms with E-state index in [0.717, 1.165) is 36.0 Å². The summed E-state index contributed by atoms with van der Waals surface area (Å²) in [4.78, 5) is 25.9. The topological polar surface area (TPSA) is 72.8 Å². The van der Waals surface area contributed by atoms with E-state index in [2.05, 4.69) is 0 Å². The fourth-order valence-corrected chi connectivity index (χ4v) is 3.65. The SMILES string of the molecule is COCOc1cccc(C=CC(=O)C(CC2CCC2)C(=O)C=Cc2cccc(CO)c2)c1. The number of ketones is 2. The van der Waals surface area contributed by atoms with Crippen LogP contribution in [-0.4, -0.2) is 30.6 Å². The number of ether oxygens (including phenoxy) is 2. The smallest absolute Gasteiger partial charge is 0.188 e. The van der Waals surface area contributed by atoms with Crippen LogP contribution in [0.25, 0.3) is 12.2 Å². The molecule has 0 amide bonds. The zero-order chi connectivity index (χ0) is 22.8. The molecule has 1 atom stereocenters. The molecule has 0 bridgehead atoms. The van der Waals surface area contributed by atoms with Crippen molar-refractivity contribution in [1.82, 2.24) is 0 Å². The van der Waals surface area contributed by atoms with Gasteiger partial charge >= 0.3 is 0 Å². The molecule has 168 valence electrons. The number of hydrogen-bond acceptors (Lipinski definition) is 5. The van der Waals surface area contributed by atoms with Crippen LogP contribution in [0.1, 0.15) is 42.4 Å². The summed E-state index contributed by atoms with van der Waals surface area (Å²) < 4.78 is 10.3. The van der Waals surface area contributed by atoms with E-state index < -0.39 is 5.92 Å². The highest BCUT2D eigenvalue weighted by Crippen LogP contribution is 2.33. The van der Waals surface area contributed by atoms with E-state index in [4.69, 9.17) is 9.47 Å². The molecule has 2 aromatic rings. The number of rotatable bonds is 12. The van der Waals surface area contributed by atoms with Crippen molar-refractivity contribution in [1.29, 1.82) is 0 Å². The maximum absolute atomic E-state index is 13.0. The molecule has 0 spiro atoms. The summed E-state index contributed by atoms with van der Waals surface area (Å²) in [6.45, 7) is 0.0958. The number of methoxy groups -OCH3 is 1. The van der Waals surface area contributed by atoms with Crippen LogP contribution in [0, 0.1) is 11.8 Å². The van der Waals surface area contributed by atoms with Crippen molar-refractivity contribution in [3.63, 3.8) is 0 Å². The van der Waals surface area contributed by atoms with Crippen molar-refractivity contribution in [2.75, 3.05) is 13.9 Å². The normalized spacial score (nSPS) is 15.1. The van der Waals surface area contributed by atoms with Crippen LogP contribution < -0.4 is 4.74 Å². The first kappa shape index (κ1) is 23.6. The van der Waals surface area contributed by atoms with Gasteiger partial charge in [0.2, 0.25) is 0 Å². The van der Waals surface area contributed by atoms with E-state index in [-0.39, 0.29) is 25.0 Å². The summed E-state index contributed by atoms with van der Waals surface area (Å²) in [6, 6.07) is 14.7. The molecule has 1 unspecified atom stereocenters. The fraction of sp³-hybridized carbons (Fsp3) is 0.333. The van der Waals surface area contributed by atoms with Gasteiger partial charge in [-0.1, -0.05) is 61.7 Å². The van der Waals surface area contributed by atoms with Crippen molar-refractivity contribution in [2.45, 2.75) is 32.3 Å². The Labute approximate surface area is 189 Å². The van der Waals surface area contributed by atoms with Gasteiger partial charge in [-0.05, 0) is 59.4 Å². The number of allylic oxidation sites excluding steroid dienone is 2.